The van der Waals surface area contributed by atoms with Gasteiger partial charge in [-0.3, -0.25) is 0 Å². The fourth-order valence-electron chi connectivity index (χ4n) is 4.18. The fourth-order valence-corrected chi connectivity index (χ4v) is 4.18. The number of alkyl halides is 1. The summed E-state index contributed by atoms with van der Waals surface area (Å²) in [6, 6.07) is 0. The largest absolute Gasteiger partial charge is 0.247 e. The fraction of sp³-hybridized carbons (Fsp3) is 1.00. The van der Waals surface area contributed by atoms with E-state index in [1.807, 2.05) is 0 Å². The molecule has 2 fully saturated rings. The molecule has 2 saturated carbocycles. The van der Waals surface area contributed by atoms with Crippen LogP contribution < -0.4 is 0 Å². The minimum atomic E-state index is -0.480. The summed E-state index contributed by atoms with van der Waals surface area (Å²) in [5.74, 6) is 2.83. The van der Waals surface area contributed by atoms with E-state index < -0.39 is 6.17 Å². The summed E-state index contributed by atoms with van der Waals surface area (Å²) in [7, 11) is 0. The zero-order valence-electron chi connectivity index (χ0n) is 12.2. The Morgan fingerprint density at radius 2 is 1.33 bits per heavy atom. The maximum atomic E-state index is 13.2. The van der Waals surface area contributed by atoms with E-state index in [9.17, 15) is 4.39 Å². The summed E-state index contributed by atoms with van der Waals surface area (Å²) in [4.78, 5) is 0. The van der Waals surface area contributed by atoms with Gasteiger partial charge in [0.15, 0.2) is 0 Å². The van der Waals surface area contributed by atoms with Gasteiger partial charge in [0.2, 0.25) is 0 Å². The van der Waals surface area contributed by atoms with Crippen molar-refractivity contribution in [3.05, 3.63) is 0 Å². The van der Waals surface area contributed by atoms with Gasteiger partial charge in [-0.2, -0.15) is 0 Å². The van der Waals surface area contributed by atoms with Gasteiger partial charge in [0.05, 0.1) is 0 Å². The van der Waals surface area contributed by atoms with E-state index in [0.717, 1.165) is 30.6 Å². The van der Waals surface area contributed by atoms with Crippen LogP contribution in [0.15, 0.2) is 0 Å². The van der Waals surface area contributed by atoms with E-state index in [2.05, 4.69) is 6.92 Å². The molecule has 0 nitrogen and oxygen atoms in total. The van der Waals surface area contributed by atoms with Crippen molar-refractivity contribution < 1.29 is 4.39 Å². The molecule has 106 valence electrons. The van der Waals surface area contributed by atoms with E-state index in [1.165, 1.54) is 64.2 Å². The van der Waals surface area contributed by atoms with Crippen molar-refractivity contribution in [1.29, 1.82) is 0 Å². The summed E-state index contributed by atoms with van der Waals surface area (Å²) >= 11 is 0. The molecule has 0 bridgehead atoms. The van der Waals surface area contributed by atoms with E-state index in [-0.39, 0.29) is 0 Å². The highest BCUT2D eigenvalue weighted by molar-refractivity contribution is 4.81. The Balaban J connectivity index is 1.63. The van der Waals surface area contributed by atoms with Gasteiger partial charge in [-0.05, 0) is 56.3 Å². The van der Waals surface area contributed by atoms with Crippen LogP contribution >= 0.6 is 0 Å². The van der Waals surface area contributed by atoms with Gasteiger partial charge in [0, 0.05) is 0 Å². The minimum Gasteiger partial charge on any atom is -0.247 e. The molecule has 0 atom stereocenters. The van der Waals surface area contributed by atoms with Crippen molar-refractivity contribution in [2.24, 2.45) is 17.8 Å². The zero-order valence-corrected chi connectivity index (χ0v) is 12.2. The molecule has 18 heavy (non-hydrogen) atoms. The monoisotopic (exact) mass is 254 g/mol. The molecule has 1 heteroatoms. The average Bonchev–Trinajstić information content (AvgIpc) is 2.41. The summed E-state index contributed by atoms with van der Waals surface area (Å²) in [6.45, 7) is 2.29. The maximum absolute atomic E-state index is 13.2. The van der Waals surface area contributed by atoms with Gasteiger partial charge in [0.25, 0.3) is 0 Å². The second-order valence-corrected chi connectivity index (χ2v) is 6.79. The lowest BCUT2D eigenvalue weighted by atomic mass is 9.70. The summed E-state index contributed by atoms with van der Waals surface area (Å²) < 4.78 is 13.2. The Labute approximate surface area is 113 Å². The van der Waals surface area contributed by atoms with Gasteiger partial charge in [-0.15, -0.1) is 0 Å². The van der Waals surface area contributed by atoms with E-state index in [1.54, 1.807) is 0 Å². The molecule has 0 aromatic rings. The molecular formula is C17H31F. The summed E-state index contributed by atoms with van der Waals surface area (Å²) in [5.41, 5.74) is 0. The van der Waals surface area contributed by atoms with Crippen LogP contribution in [-0.2, 0) is 0 Å². The molecule has 2 rings (SSSR count). The highest BCUT2D eigenvalue weighted by atomic mass is 19.1. The van der Waals surface area contributed by atoms with Crippen LogP contribution in [0, 0.1) is 17.8 Å². The van der Waals surface area contributed by atoms with E-state index >= 15 is 0 Å². The minimum absolute atomic E-state index is 0.480. The molecule has 0 N–H and O–H groups in total. The standard InChI is InChI=1S/C17H31F/c1-2-3-4-5-14-6-8-15(9-7-14)16-10-12-17(18)13-11-16/h14-17H,2-13H2,1H3. The predicted molar refractivity (Wildman–Crippen MR) is 76.4 cm³/mol. The second kappa shape index (κ2) is 7.50. The van der Waals surface area contributed by atoms with Crippen molar-refractivity contribution >= 4 is 0 Å². The third kappa shape index (κ3) is 4.24. The van der Waals surface area contributed by atoms with Crippen molar-refractivity contribution in [3.63, 3.8) is 0 Å². The van der Waals surface area contributed by atoms with Gasteiger partial charge in [-0.1, -0.05) is 45.4 Å². The Morgan fingerprint density at radius 3 is 1.89 bits per heavy atom. The SMILES string of the molecule is CCCCCC1CCC(C2CCC(F)CC2)CC1. The number of rotatable bonds is 5. The third-order valence-corrected chi connectivity index (χ3v) is 5.48. The molecule has 0 radical (unpaired) electrons. The first-order chi connectivity index (χ1) is 8.79. The summed E-state index contributed by atoms with van der Waals surface area (Å²) in [6.07, 6.45) is 15.1. The number of unbranched alkanes of at least 4 members (excludes halogenated alkanes) is 2. The second-order valence-electron chi connectivity index (χ2n) is 6.79. The lowest BCUT2D eigenvalue weighted by Gasteiger charge is -2.36. The van der Waals surface area contributed by atoms with Crippen LogP contribution in [0.4, 0.5) is 4.39 Å². The lowest BCUT2D eigenvalue weighted by molar-refractivity contribution is 0.126. The average molecular weight is 254 g/mol. The van der Waals surface area contributed by atoms with Crippen molar-refractivity contribution in [1.82, 2.24) is 0 Å². The first-order valence-electron chi connectivity index (χ1n) is 8.43. The number of hydrogen-bond donors (Lipinski definition) is 0. The molecule has 0 unspecified atom stereocenters. The third-order valence-electron chi connectivity index (χ3n) is 5.48. The van der Waals surface area contributed by atoms with E-state index in [0.29, 0.717) is 0 Å². The maximum Gasteiger partial charge on any atom is 0.100 e. The Bertz CT molecular complexity index is 210. The van der Waals surface area contributed by atoms with Crippen LogP contribution in [0.1, 0.15) is 84.0 Å². The van der Waals surface area contributed by atoms with Gasteiger partial charge >= 0.3 is 0 Å². The van der Waals surface area contributed by atoms with Crippen LogP contribution in [-0.4, -0.2) is 6.17 Å². The molecule has 0 aliphatic heterocycles. The van der Waals surface area contributed by atoms with Gasteiger partial charge in [-0.25, -0.2) is 4.39 Å². The topological polar surface area (TPSA) is 0 Å². The van der Waals surface area contributed by atoms with Crippen LogP contribution in [0.3, 0.4) is 0 Å². The van der Waals surface area contributed by atoms with Crippen LogP contribution in [0.5, 0.6) is 0 Å². The molecule has 2 aliphatic carbocycles. The lowest BCUT2D eigenvalue weighted by Crippen LogP contribution is -2.26. The summed E-state index contributed by atoms with van der Waals surface area (Å²) in [5, 5.41) is 0. The number of halogens is 1. The van der Waals surface area contributed by atoms with Crippen LogP contribution in [0.25, 0.3) is 0 Å². The van der Waals surface area contributed by atoms with Crippen molar-refractivity contribution in [3.8, 4) is 0 Å². The first kappa shape index (κ1) is 14.3. The Kier molecular flexibility index (Phi) is 5.98. The Hall–Kier alpha value is -0.0700. The quantitative estimate of drug-likeness (QED) is 0.536. The van der Waals surface area contributed by atoms with Crippen molar-refractivity contribution in [2.75, 3.05) is 0 Å². The van der Waals surface area contributed by atoms with Crippen molar-refractivity contribution in [2.45, 2.75) is 90.1 Å². The Morgan fingerprint density at radius 1 is 0.778 bits per heavy atom. The first-order valence-corrected chi connectivity index (χ1v) is 8.43. The molecule has 0 aromatic heterocycles. The normalized spacial score (nSPS) is 37.7. The molecule has 0 aromatic carbocycles. The molecular weight excluding hydrogens is 223 g/mol. The molecule has 0 saturated heterocycles. The van der Waals surface area contributed by atoms with Gasteiger partial charge in [0.1, 0.15) is 6.17 Å². The highest BCUT2D eigenvalue weighted by Gasteiger charge is 2.30. The predicted octanol–water partition coefficient (Wildman–Crippen LogP) is 5.90. The van der Waals surface area contributed by atoms with E-state index in [4.69, 9.17) is 0 Å². The highest BCUT2D eigenvalue weighted by Crippen LogP contribution is 2.41. The molecule has 0 amide bonds. The smallest absolute Gasteiger partial charge is 0.100 e. The van der Waals surface area contributed by atoms with Crippen LogP contribution in [0.2, 0.25) is 0 Å². The molecule has 0 spiro atoms. The molecule has 2 aliphatic rings. The zero-order chi connectivity index (χ0) is 12.8. The number of hydrogen-bond acceptors (Lipinski definition) is 0. The molecule has 0 heterocycles. The van der Waals surface area contributed by atoms with Gasteiger partial charge < -0.3 is 0 Å².